The molecule has 0 unspecified atom stereocenters. The Morgan fingerprint density at radius 1 is 1.00 bits per heavy atom. The minimum atomic E-state index is -0.494. The van der Waals surface area contributed by atoms with E-state index < -0.39 is 5.43 Å². The molecule has 0 bridgehead atoms. The summed E-state index contributed by atoms with van der Waals surface area (Å²) in [6, 6.07) is 15.3. The van der Waals surface area contributed by atoms with Crippen LogP contribution in [0.3, 0.4) is 0 Å². The van der Waals surface area contributed by atoms with Crippen molar-refractivity contribution in [2.24, 2.45) is 0 Å². The maximum absolute atomic E-state index is 11.6. The summed E-state index contributed by atoms with van der Waals surface area (Å²) < 4.78 is 1.61. The average molecular weight is 357 g/mol. The number of aryl methyl sites for hydroxylation is 2. The van der Waals surface area contributed by atoms with Gasteiger partial charge in [-0.05, 0) is 54.3 Å². The van der Waals surface area contributed by atoms with E-state index in [1.54, 1.807) is 10.8 Å². The van der Waals surface area contributed by atoms with E-state index in [1.165, 1.54) is 12.3 Å². The fraction of sp³-hybridized carbons (Fsp3) is 0.0909. The van der Waals surface area contributed by atoms with Crippen LogP contribution in [0.15, 0.2) is 65.7 Å². The first-order valence-electron chi connectivity index (χ1n) is 8.62. The fourth-order valence-electron chi connectivity index (χ4n) is 3.36. The first-order valence-corrected chi connectivity index (χ1v) is 8.62. The highest BCUT2D eigenvalue weighted by Gasteiger charge is 2.12. The van der Waals surface area contributed by atoms with Crippen LogP contribution in [0.5, 0.6) is 5.75 Å². The van der Waals surface area contributed by atoms with Gasteiger partial charge in [-0.2, -0.15) is 0 Å². The number of nitrogens with two attached hydrogens (primary N) is 1. The van der Waals surface area contributed by atoms with Gasteiger partial charge in [0.15, 0.2) is 5.75 Å². The van der Waals surface area contributed by atoms with E-state index in [0.717, 1.165) is 38.8 Å². The lowest BCUT2D eigenvalue weighted by molar-refractivity contribution is 0.466. The molecule has 0 saturated carbocycles. The van der Waals surface area contributed by atoms with E-state index in [2.05, 4.69) is 23.2 Å². The molecule has 0 spiro atoms. The number of aromatic nitrogens is 2. The maximum Gasteiger partial charge on any atom is 0.225 e. The highest BCUT2D eigenvalue weighted by molar-refractivity contribution is 5.97. The predicted molar refractivity (Wildman–Crippen MR) is 108 cm³/mol. The van der Waals surface area contributed by atoms with Gasteiger partial charge in [-0.1, -0.05) is 24.3 Å². The van der Waals surface area contributed by atoms with Crippen molar-refractivity contribution in [1.29, 1.82) is 0 Å². The summed E-state index contributed by atoms with van der Waals surface area (Å²) in [4.78, 5) is 16.1. The van der Waals surface area contributed by atoms with Gasteiger partial charge in [0, 0.05) is 23.3 Å². The molecule has 134 valence electrons. The number of rotatable bonds is 2. The van der Waals surface area contributed by atoms with Gasteiger partial charge in [0.05, 0.1) is 11.7 Å². The van der Waals surface area contributed by atoms with Gasteiger partial charge in [0.1, 0.15) is 5.82 Å². The Labute approximate surface area is 156 Å². The molecule has 0 saturated heterocycles. The Morgan fingerprint density at radius 3 is 2.59 bits per heavy atom. The third-order valence-corrected chi connectivity index (χ3v) is 4.82. The van der Waals surface area contributed by atoms with Crippen LogP contribution in [0.25, 0.3) is 27.7 Å². The first-order chi connectivity index (χ1) is 13.0. The predicted octanol–water partition coefficient (Wildman–Crippen LogP) is 3.96. The zero-order chi connectivity index (χ0) is 19.1. The van der Waals surface area contributed by atoms with Crippen molar-refractivity contribution < 1.29 is 5.11 Å². The number of benzene rings is 2. The molecule has 0 atom stereocenters. The van der Waals surface area contributed by atoms with Crippen LogP contribution in [0, 0.1) is 13.8 Å². The number of aromatic hydroxyl groups is 1. The number of nitrogen functional groups attached to an aromatic ring is 1. The SMILES string of the molecule is Cc1ccc(-n2cc(O)c(=O)cc2N)cc1-c1ccc(C)c2ncccc12. The molecule has 0 aliphatic carbocycles. The molecule has 0 aliphatic heterocycles. The quantitative estimate of drug-likeness (QED) is 0.569. The van der Waals surface area contributed by atoms with Crippen molar-refractivity contribution in [1.82, 2.24) is 9.55 Å². The minimum absolute atomic E-state index is 0.267. The monoisotopic (exact) mass is 357 g/mol. The van der Waals surface area contributed by atoms with E-state index >= 15 is 0 Å². The molecular weight excluding hydrogens is 338 g/mol. The lowest BCUT2D eigenvalue weighted by Gasteiger charge is -2.15. The summed E-state index contributed by atoms with van der Waals surface area (Å²) in [6.07, 6.45) is 3.15. The van der Waals surface area contributed by atoms with Crippen LogP contribution >= 0.6 is 0 Å². The summed E-state index contributed by atoms with van der Waals surface area (Å²) in [6.45, 7) is 4.10. The van der Waals surface area contributed by atoms with Crippen molar-refractivity contribution in [3.05, 3.63) is 82.3 Å². The van der Waals surface area contributed by atoms with Crippen LogP contribution in [-0.4, -0.2) is 14.7 Å². The molecule has 4 rings (SSSR count). The second kappa shape index (κ2) is 6.29. The average Bonchev–Trinajstić information content (AvgIpc) is 2.66. The summed E-state index contributed by atoms with van der Waals surface area (Å²) in [7, 11) is 0. The van der Waals surface area contributed by atoms with Crippen LogP contribution in [0.4, 0.5) is 5.82 Å². The van der Waals surface area contributed by atoms with Crippen LogP contribution in [-0.2, 0) is 0 Å². The van der Waals surface area contributed by atoms with E-state index in [-0.39, 0.29) is 11.6 Å². The van der Waals surface area contributed by atoms with Gasteiger partial charge in [0.25, 0.3) is 0 Å². The lowest BCUT2D eigenvalue weighted by atomic mass is 9.94. The van der Waals surface area contributed by atoms with Crippen molar-refractivity contribution in [3.8, 4) is 22.6 Å². The maximum atomic E-state index is 11.6. The molecule has 27 heavy (non-hydrogen) atoms. The van der Waals surface area contributed by atoms with Crippen LogP contribution in [0.2, 0.25) is 0 Å². The zero-order valence-corrected chi connectivity index (χ0v) is 15.1. The Bertz CT molecular complexity index is 1240. The van der Waals surface area contributed by atoms with Gasteiger partial charge < -0.3 is 10.8 Å². The molecular formula is C22H19N3O2. The van der Waals surface area contributed by atoms with Crippen molar-refractivity contribution >= 4 is 16.7 Å². The molecule has 3 N–H and O–H groups in total. The normalized spacial score (nSPS) is 11.0. The number of hydrogen-bond acceptors (Lipinski definition) is 4. The fourth-order valence-corrected chi connectivity index (χ4v) is 3.36. The van der Waals surface area contributed by atoms with E-state index in [1.807, 2.05) is 38.1 Å². The molecule has 0 aliphatic rings. The standard InChI is InChI=1S/C22H19N3O2/c1-13-5-7-15(25-12-20(27)19(26)11-21(25)23)10-18(13)16-8-6-14(2)22-17(16)4-3-9-24-22/h3-12,27H,23H2,1-2H3. The molecule has 4 aromatic rings. The Hall–Kier alpha value is -3.60. The van der Waals surface area contributed by atoms with Crippen molar-refractivity contribution in [2.45, 2.75) is 13.8 Å². The second-order valence-electron chi connectivity index (χ2n) is 6.65. The molecule has 2 aromatic heterocycles. The number of nitrogens with zero attached hydrogens (tertiary/aromatic N) is 2. The number of hydrogen-bond donors (Lipinski definition) is 2. The van der Waals surface area contributed by atoms with Crippen molar-refractivity contribution in [2.75, 3.05) is 5.73 Å². The molecule has 2 aromatic carbocycles. The Balaban J connectivity index is 1.97. The van der Waals surface area contributed by atoms with Gasteiger partial charge in [0.2, 0.25) is 5.43 Å². The van der Waals surface area contributed by atoms with E-state index in [0.29, 0.717) is 0 Å². The van der Waals surface area contributed by atoms with E-state index in [4.69, 9.17) is 5.73 Å². The van der Waals surface area contributed by atoms with Gasteiger partial charge in [-0.3, -0.25) is 14.3 Å². The number of pyridine rings is 2. The van der Waals surface area contributed by atoms with Gasteiger partial charge >= 0.3 is 0 Å². The van der Waals surface area contributed by atoms with Crippen LogP contribution in [0.1, 0.15) is 11.1 Å². The Kier molecular flexibility index (Phi) is 3.92. The molecule has 5 heteroatoms. The van der Waals surface area contributed by atoms with Gasteiger partial charge in [-0.15, -0.1) is 0 Å². The van der Waals surface area contributed by atoms with Crippen LogP contribution < -0.4 is 11.2 Å². The zero-order valence-electron chi connectivity index (χ0n) is 15.1. The third kappa shape index (κ3) is 2.83. The molecule has 2 heterocycles. The second-order valence-corrected chi connectivity index (χ2v) is 6.65. The lowest BCUT2D eigenvalue weighted by Crippen LogP contribution is -2.10. The van der Waals surface area contributed by atoms with E-state index in [9.17, 15) is 9.90 Å². The first kappa shape index (κ1) is 16.8. The molecule has 0 fully saturated rings. The molecule has 5 nitrogen and oxygen atoms in total. The minimum Gasteiger partial charge on any atom is -0.503 e. The topological polar surface area (TPSA) is 81.1 Å². The Morgan fingerprint density at radius 2 is 1.78 bits per heavy atom. The third-order valence-electron chi connectivity index (χ3n) is 4.82. The number of fused-ring (bicyclic) bond motifs is 1. The molecule has 0 amide bonds. The number of anilines is 1. The summed E-state index contributed by atoms with van der Waals surface area (Å²) in [5, 5.41) is 10.9. The van der Waals surface area contributed by atoms with Gasteiger partial charge in [-0.25, -0.2) is 0 Å². The summed E-state index contributed by atoms with van der Waals surface area (Å²) >= 11 is 0. The largest absolute Gasteiger partial charge is 0.503 e. The summed E-state index contributed by atoms with van der Waals surface area (Å²) in [5.74, 6) is -0.0701. The smallest absolute Gasteiger partial charge is 0.225 e. The molecule has 0 radical (unpaired) electrons. The van der Waals surface area contributed by atoms with Crippen molar-refractivity contribution in [3.63, 3.8) is 0 Å². The highest BCUT2D eigenvalue weighted by Crippen LogP contribution is 2.33. The highest BCUT2D eigenvalue weighted by atomic mass is 16.3. The summed E-state index contributed by atoms with van der Waals surface area (Å²) in [5.41, 5.74) is 11.6.